The summed E-state index contributed by atoms with van der Waals surface area (Å²) in [6.07, 6.45) is 1.26. The Kier molecular flexibility index (Phi) is 3.78. The number of amides is 1. The molecule has 2 bridgehead atoms. The van der Waals surface area contributed by atoms with Crippen molar-refractivity contribution in [1.82, 2.24) is 4.90 Å². The summed E-state index contributed by atoms with van der Waals surface area (Å²) in [4.78, 5) is 24.8. The van der Waals surface area contributed by atoms with Gasteiger partial charge in [-0.1, -0.05) is 19.9 Å². The number of ether oxygens (including phenoxy) is 1. The molecule has 124 valence electrons. The molecule has 3 unspecified atom stereocenters. The molecule has 6 nitrogen and oxygen atoms in total. The molecule has 1 amide bonds. The quantitative estimate of drug-likeness (QED) is 0.619. The number of hydrogen-bond acceptors (Lipinski definition) is 4. The van der Waals surface area contributed by atoms with Gasteiger partial charge in [0.15, 0.2) is 0 Å². The number of nitro groups is 1. The average Bonchev–Trinajstić information content (AvgIpc) is 2.50. The Morgan fingerprint density at radius 2 is 2.26 bits per heavy atom. The number of fused-ring (bicyclic) bond motifs is 4. The summed E-state index contributed by atoms with van der Waals surface area (Å²) in [6.45, 7) is 7.11. The molecule has 6 heteroatoms. The second-order valence-corrected chi connectivity index (χ2v) is 6.72. The number of hydrogen-bond donors (Lipinski definition) is 0. The maximum atomic E-state index is 12.2. The zero-order chi connectivity index (χ0) is 16.8. The van der Waals surface area contributed by atoms with Gasteiger partial charge in [-0.2, -0.15) is 0 Å². The van der Waals surface area contributed by atoms with Gasteiger partial charge >= 0.3 is 6.09 Å². The molecule has 1 fully saturated rings. The lowest BCUT2D eigenvalue weighted by Crippen LogP contribution is -2.59. The van der Waals surface area contributed by atoms with Crippen LogP contribution in [0.2, 0.25) is 0 Å². The largest absolute Gasteiger partial charge is 0.450 e. The van der Waals surface area contributed by atoms with Crippen LogP contribution in [0.4, 0.5) is 10.5 Å². The van der Waals surface area contributed by atoms with Crippen molar-refractivity contribution in [1.29, 1.82) is 0 Å². The standard InChI is InChI=1S/C17H22N2O4/c1-4-23-16(20)18-8-7-17(3)11(2)15(18)9-12-5-6-13(19(21)22)10-14(12)17/h5-6,10-11,15H,4,7-9H2,1-3H3. The first-order chi connectivity index (χ1) is 10.9. The molecule has 1 aliphatic carbocycles. The highest BCUT2D eigenvalue weighted by Gasteiger charge is 2.50. The van der Waals surface area contributed by atoms with Gasteiger partial charge in [-0.3, -0.25) is 10.1 Å². The number of carbonyl (C=O) groups is 1. The van der Waals surface area contributed by atoms with Gasteiger partial charge in [0, 0.05) is 24.7 Å². The highest BCUT2D eigenvalue weighted by molar-refractivity contribution is 5.69. The van der Waals surface area contributed by atoms with Crippen LogP contribution in [0.5, 0.6) is 0 Å². The van der Waals surface area contributed by atoms with Gasteiger partial charge in [0.05, 0.1) is 11.5 Å². The van der Waals surface area contributed by atoms with E-state index >= 15 is 0 Å². The van der Waals surface area contributed by atoms with E-state index < -0.39 is 0 Å². The summed E-state index contributed by atoms with van der Waals surface area (Å²) in [7, 11) is 0. The number of nitro benzene ring substituents is 1. The Bertz CT molecular complexity index is 660. The number of rotatable bonds is 2. The van der Waals surface area contributed by atoms with Crippen LogP contribution in [0.25, 0.3) is 0 Å². The zero-order valence-electron chi connectivity index (χ0n) is 13.7. The highest BCUT2D eigenvalue weighted by Crippen LogP contribution is 2.49. The van der Waals surface area contributed by atoms with E-state index in [1.165, 1.54) is 0 Å². The summed E-state index contributed by atoms with van der Waals surface area (Å²) in [5, 5.41) is 11.1. The minimum atomic E-state index is -0.339. The van der Waals surface area contributed by atoms with Crippen LogP contribution in [-0.4, -0.2) is 35.1 Å². The molecule has 2 aliphatic rings. The van der Waals surface area contributed by atoms with Crippen molar-refractivity contribution < 1.29 is 14.5 Å². The summed E-state index contributed by atoms with van der Waals surface area (Å²) < 4.78 is 5.19. The molecule has 23 heavy (non-hydrogen) atoms. The fourth-order valence-corrected chi connectivity index (χ4v) is 4.15. The lowest BCUT2D eigenvalue weighted by atomic mass is 9.59. The summed E-state index contributed by atoms with van der Waals surface area (Å²) in [5.41, 5.74) is 2.17. The van der Waals surface area contributed by atoms with Crippen molar-refractivity contribution >= 4 is 11.8 Å². The van der Waals surface area contributed by atoms with E-state index in [1.807, 2.05) is 17.9 Å². The van der Waals surface area contributed by atoms with Gasteiger partial charge in [0.2, 0.25) is 0 Å². The number of benzene rings is 1. The fourth-order valence-electron chi connectivity index (χ4n) is 4.15. The second kappa shape index (κ2) is 5.51. The fraction of sp³-hybridized carbons (Fsp3) is 0.588. The Labute approximate surface area is 135 Å². The number of non-ortho nitro benzene ring substituents is 1. The minimum absolute atomic E-state index is 0.0850. The molecule has 1 heterocycles. The van der Waals surface area contributed by atoms with Crippen LogP contribution in [0.3, 0.4) is 0 Å². The van der Waals surface area contributed by atoms with E-state index in [0.717, 1.165) is 24.0 Å². The predicted molar refractivity (Wildman–Crippen MR) is 85.4 cm³/mol. The van der Waals surface area contributed by atoms with Gasteiger partial charge in [-0.25, -0.2) is 4.79 Å². The third kappa shape index (κ3) is 2.36. The van der Waals surface area contributed by atoms with Gasteiger partial charge < -0.3 is 9.64 Å². The molecule has 3 rings (SSSR count). The van der Waals surface area contributed by atoms with Crippen LogP contribution in [0.15, 0.2) is 18.2 Å². The van der Waals surface area contributed by atoms with Gasteiger partial charge in [0.25, 0.3) is 5.69 Å². The van der Waals surface area contributed by atoms with Crippen molar-refractivity contribution in [3.05, 3.63) is 39.4 Å². The molecule has 0 aromatic heterocycles. The molecular formula is C17H22N2O4. The molecule has 0 saturated carbocycles. The molecular weight excluding hydrogens is 296 g/mol. The topological polar surface area (TPSA) is 72.7 Å². The Morgan fingerprint density at radius 1 is 1.52 bits per heavy atom. The first-order valence-corrected chi connectivity index (χ1v) is 8.09. The molecule has 0 radical (unpaired) electrons. The molecule has 1 aliphatic heterocycles. The van der Waals surface area contributed by atoms with Crippen LogP contribution in [0, 0.1) is 16.0 Å². The summed E-state index contributed by atoms with van der Waals surface area (Å²) >= 11 is 0. The van der Waals surface area contributed by atoms with E-state index in [2.05, 4.69) is 13.8 Å². The third-order valence-electron chi connectivity index (χ3n) is 5.71. The summed E-state index contributed by atoms with van der Waals surface area (Å²) in [6, 6.07) is 5.21. The summed E-state index contributed by atoms with van der Waals surface area (Å²) in [5.74, 6) is 0.232. The first-order valence-electron chi connectivity index (χ1n) is 8.09. The smallest absolute Gasteiger partial charge is 0.410 e. The Balaban J connectivity index is 2.01. The number of piperidine rings is 1. The van der Waals surface area contributed by atoms with Gasteiger partial charge in [-0.15, -0.1) is 0 Å². The minimum Gasteiger partial charge on any atom is -0.450 e. The Morgan fingerprint density at radius 3 is 2.91 bits per heavy atom. The van der Waals surface area contributed by atoms with E-state index in [-0.39, 0.29) is 34.1 Å². The molecule has 3 atom stereocenters. The molecule has 0 spiro atoms. The zero-order valence-corrected chi connectivity index (χ0v) is 13.7. The number of carbonyl (C=O) groups excluding carboxylic acids is 1. The molecule has 1 aromatic rings. The van der Waals surface area contributed by atoms with Crippen LogP contribution >= 0.6 is 0 Å². The van der Waals surface area contributed by atoms with E-state index in [1.54, 1.807) is 12.1 Å². The molecule has 1 saturated heterocycles. The maximum Gasteiger partial charge on any atom is 0.410 e. The molecule has 1 aromatic carbocycles. The lowest BCUT2D eigenvalue weighted by molar-refractivity contribution is -0.385. The van der Waals surface area contributed by atoms with Crippen LogP contribution in [-0.2, 0) is 16.6 Å². The number of likely N-dealkylation sites (tertiary alicyclic amines) is 1. The van der Waals surface area contributed by atoms with E-state index in [9.17, 15) is 14.9 Å². The second-order valence-electron chi connectivity index (χ2n) is 6.72. The normalized spacial score (nSPS) is 28.9. The third-order valence-corrected chi connectivity index (χ3v) is 5.71. The van der Waals surface area contributed by atoms with Crippen LogP contribution < -0.4 is 0 Å². The van der Waals surface area contributed by atoms with E-state index in [4.69, 9.17) is 4.74 Å². The van der Waals surface area contributed by atoms with Crippen molar-refractivity contribution in [2.45, 2.75) is 45.1 Å². The monoisotopic (exact) mass is 318 g/mol. The molecule has 0 N–H and O–H groups in total. The highest BCUT2D eigenvalue weighted by atomic mass is 16.6. The lowest BCUT2D eigenvalue weighted by Gasteiger charge is -2.53. The predicted octanol–water partition coefficient (Wildman–Crippen LogP) is 3.28. The average molecular weight is 318 g/mol. The van der Waals surface area contributed by atoms with Crippen LogP contribution in [0.1, 0.15) is 38.3 Å². The van der Waals surface area contributed by atoms with Crippen molar-refractivity contribution in [3.8, 4) is 0 Å². The van der Waals surface area contributed by atoms with Crippen molar-refractivity contribution in [2.24, 2.45) is 5.92 Å². The van der Waals surface area contributed by atoms with Crippen molar-refractivity contribution in [3.63, 3.8) is 0 Å². The van der Waals surface area contributed by atoms with Gasteiger partial charge in [-0.05, 0) is 42.2 Å². The van der Waals surface area contributed by atoms with Crippen molar-refractivity contribution in [2.75, 3.05) is 13.2 Å². The first kappa shape index (κ1) is 15.8. The maximum absolute atomic E-state index is 12.2. The van der Waals surface area contributed by atoms with E-state index in [0.29, 0.717) is 13.2 Å². The number of nitrogens with zero attached hydrogens (tertiary/aromatic N) is 2. The van der Waals surface area contributed by atoms with Gasteiger partial charge in [0.1, 0.15) is 0 Å². The SMILES string of the molecule is CCOC(=O)N1CCC2(C)c3cc([N+](=O)[O-])ccc3CC1C2C. The Hall–Kier alpha value is -2.11.